The molecule has 9 heteroatoms. The lowest BCUT2D eigenvalue weighted by Gasteiger charge is -2.05. The smallest absolute Gasteiger partial charge is 0.364 e. The van der Waals surface area contributed by atoms with E-state index in [9.17, 15) is 14.9 Å². The fourth-order valence-electron chi connectivity index (χ4n) is 1.38. The van der Waals surface area contributed by atoms with Gasteiger partial charge < -0.3 is 25.1 Å². The zero-order valence-corrected chi connectivity index (χ0v) is 9.44. The summed E-state index contributed by atoms with van der Waals surface area (Å²) in [5.74, 6) is -1.81. The largest absolute Gasteiger partial charge is 0.478 e. The summed E-state index contributed by atoms with van der Waals surface area (Å²) in [6.07, 6.45) is 2.48. The van der Waals surface area contributed by atoms with Gasteiger partial charge in [0.15, 0.2) is 6.20 Å². The van der Waals surface area contributed by atoms with E-state index < -0.39 is 16.7 Å². The van der Waals surface area contributed by atoms with Crippen molar-refractivity contribution >= 4 is 17.5 Å². The van der Waals surface area contributed by atoms with Gasteiger partial charge in [-0.2, -0.15) is 0 Å². The summed E-state index contributed by atoms with van der Waals surface area (Å²) in [7, 11) is 0. The molecule has 0 aliphatic carbocycles. The Labute approximate surface area is 106 Å². The van der Waals surface area contributed by atoms with Crippen molar-refractivity contribution in [1.82, 2.24) is 10.1 Å². The highest BCUT2D eigenvalue weighted by atomic mass is 16.6. The standard InChI is InChI=1S/C10H8N4O5/c15-10(16)7-3-9(14(17)18)12-5-8(7)11-4-6-1-2-19-13-6/h1-3,5,11H,4H2,(H,15,16). The molecule has 2 N–H and O–H groups in total. The third kappa shape index (κ3) is 2.83. The number of nitrogens with zero attached hydrogens (tertiary/aromatic N) is 3. The fourth-order valence-corrected chi connectivity index (χ4v) is 1.38. The number of carboxylic acids is 1. The summed E-state index contributed by atoms with van der Waals surface area (Å²) in [5, 5.41) is 26.0. The van der Waals surface area contributed by atoms with Crippen LogP contribution >= 0.6 is 0 Å². The van der Waals surface area contributed by atoms with Crippen molar-refractivity contribution in [3.05, 3.63) is 46.0 Å². The van der Waals surface area contributed by atoms with Crippen LogP contribution in [0.1, 0.15) is 16.1 Å². The molecule has 2 aromatic rings. The number of hydrogen-bond donors (Lipinski definition) is 2. The second-order valence-electron chi connectivity index (χ2n) is 3.49. The molecule has 0 aliphatic rings. The average molecular weight is 264 g/mol. The van der Waals surface area contributed by atoms with Crippen LogP contribution < -0.4 is 5.32 Å². The number of carbonyl (C=O) groups is 1. The lowest BCUT2D eigenvalue weighted by Crippen LogP contribution is -2.08. The quantitative estimate of drug-likeness (QED) is 0.609. The Kier molecular flexibility index (Phi) is 3.37. The van der Waals surface area contributed by atoms with Gasteiger partial charge in [-0.25, -0.2) is 4.79 Å². The molecule has 0 fully saturated rings. The predicted molar refractivity (Wildman–Crippen MR) is 61.7 cm³/mol. The minimum Gasteiger partial charge on any atom is -0.478 e. The molecule has 9 nitrogen and oxygen atoms in total. The van der Waals surface area contributed by atoms with Crippen molar-refractivity contribution in [1.29, 1.82) is 0 Å². The van der Waals surface area contributed by atoms with E-state index in [2.05, 4.69) is 20.0 Å². The topological polar surface area (TPSA) is 131 Å². The van der Waals surface area contributed by atoms with Crippen LogP contribution in [0.25, 0.3) is 0 Å². The van der Waals surface area contributed by atoms with Gasteiger partial charge in [-0.05, 0) is 9.91 Å². The van der Waals surface area contributed by atoms with Gasteiger partial charge in [0.2, 0.25) is 0 Å². The maximum absolute atomic E-state index is 11.0. The Bertz CT molecular complexity index is 610. The second kappa shape index (κ2) is 5.12. The van der Waals surface area contributed by atoms with E-state index in [0.29, 0.717) is 5.69 Å². The molecule has 0 saturated carbocycles. The highest BCUT2D eigenvalue weighted by Gasteiger charge is 2.18. The molecular formula is C10H8N4O5. The lowest BCUT2D eigenvalue weighted by atomic mass is 10.2. The zero-order valence-electron chi connectivity index (χ0n) is 9.44. The maximum Gasteiger partial charge on any atom is 0.364 e. The van der Waals surface area contributed by atoms with Gasteiger partial charge in [0.25, 0.3) is 0 Å². The van der Waals surface area contributed by atoms with Crippen LogP contribution in [0.4, 0.5) is 11.5 Å². The summed E-state index contributed by atoms with van der Waals surface area (Å²) in [4.78, 5) is 24.4. The Hall–Kier alpha value is -2.97. The molecule has 0 saturated heterocycles. The molecule has 19 heavy (non-hydrogen) atoms. The molecule has 0 aromatic carbocycles. The van der Waals surface area contributed by atoms with E-state index >= 15 is 0 Å². The van der Waals surface area contributed by atoms with Crippen LogP contribution in [0.5, 0.6) is 0 Å². The molecule has 0 unspecified atom stereocenters. The second-order valence-corrected chi connectivity index (χ2v) is 3.49. The van der Waals surface area contributed by atoms with Gasteiger partial charge in [0.05, 0.1) is 23.9 Å². The Morgan fingerprint density at radius 3 is 2.95 bits per heavy atom. The van der Waals surface area contributed by atoms with Crippen molar-refractivity contribution in [3.63, 3.8) is 0 Å². The molecule has 0 amide bonds. The van der Waals surface area contributed by atoms with Crippen LogP contribution in [-0.2, 0) is 6.54 Å². The van der Waals surface area contributed by atoms with E-state index in [1.165, 1.54) is 6.26 Å². The minimum atomic E-state index is -1.28. The van der Waals surface area contributed by atoms with Crippen molar-refractivity contribution in [2.45, 2.75) is 6.54 Å². The number of anilines is 1. The maximum atomic E-state index is 11.0. The fraction of sp³-hybridized carbons (Fsp3) is 0.100. The first-order valence-corrected chi connectivity index (χ1v) is 5.09. The summed E-state index contributed by atoms with van der Waals surface area (Å²) in [5.41, 5.74) is 0.501. The number of carboxylic acid groups (broad SMARTS) is 1. The summed E-state index contributed by atoms with van der Waals surface area (Å²) in [6.45, 7) is 0.219. The van der Waals surface area contributed by atoms with Crippen molar-refractivity contribution in [2.24, 2.45) is 0 Å². The molecule has 0 aliphatic heterocycles. The molecular weight excluding hydrogens is 256 g/mol. The minimum absolute atomic E-state index is 0.168. The van der Waals surface area contributed by atoms with Crippen LogP contribution in [0, 0.1) is 10.1 Å². The first kappa shape index (κ1) is 12.5. The monoisotopic (exact) mass is 264 g/mol. The molecule has 2 rings (SSSR count). The highest BCUT2D eigenvalue weighted by Crippen LogP contribution is 2.19. The van der Waals surface area contributed by atoms with Gasteiger partial charge in [0.1, 0.15) is 12.0 Å². The van der Waals surface area contributed by atoms with Crippen LogP contribution in [0.15, 0.2) is 29.1 Å². The van der Waals surface area contributed by atoms with E-state index in [4.69, 9.17) is 5.11 Å². The van der Waals surface area contributed by atoms with Gasteiger partial charge in [-0.1, -0.05) is 5.16 Å². The highest BCUT2D eigenvalue weighted by molar-refractivity contribution is 5.94. The van der Waals surface area contributed by atoms with Gasteiger partial charge in [-0.15, -0.1) is 0 Å². The molecule has 0 spiro atoms. The number of pyridine rings is 1. The number of hydrogen-bond acceptors (Lipinski definition) is 7. The first-order chi connectivity index (χ1) is 9.08. The van der Waals surface area contributed by atoms with Gasteiger partial charge >= 0.3 is 11.8 Å². The normalized spacial score (nSPS) is 10.1. The summed E-state index contributed by atoms with van der Waals surface area (Å²) >= 11 is 0. The number of aromatic carboxylic acids is 1. The van der Waals surface area contributed by atoms with E-state index in [1.807, 2.05) is 0 Å². The molecule has 0 bridgehead atoms. The van der Waals surface area contributed by atoms with E-state index in [0.717, 1.165) is 12.3 Å². The summed E-state index contributed by atoms with van der Waals surface area (Å²) < 4.78 is 4.62. The van der Waals surface area contributed by atoms with Crippen LogP contribution in [0.3, 0.4) is 0 Å². The van der Waals surface area contributed by atoms with Crippen molar-refractivity contribution in [2.75, 3.05) is 5.32 Å². The van der Waals surface area contributed by atoms with Crippen LogP contribution in [0.2, 0.25) is 0 Å². The Balaban J connectivity index is 2.24. The van der Waals surface area contributed by atoms with E-state index in [1.54, 1.807) is 6.07 Å². The van der Waals surface area contributed by atoms with Gasteiger partial charge in [-0.3, -0.25) is 0 Å². The average Bonchev–Trinajstić information content (AvgIpc) is 2.89. The number of aromatic nitrogens is 2. The van der Waals surface area contributed by atoms with Gasteiger partial charge in [0, 0.05) is 6.07 Å². The zero-order chi connectivity index (χ0) is 13.8. The van der Waals surface area contributed by atoms with Crippen molar-refractivity contribution < 1.29 is 19.3 Å². The van der Waals surface area contributed by atoms with E-state index in [-0.39, 0.29) is 17.8 Å². The SMILES string of the molecule is O=C(O)c1cc([N+](=O)[O-])ncc1NCc1ccon1. The first-order valence-electron chi connectivity index (χ1n) is 5.09. The van der Waals surface area contributed by atoms with Crippen LogP contribution in [-0.4, -0.2) is 26.1 Å². The number of rotatable bonds is 5. The summed E-state index contributed by atoms with van der Waals surface area (Å²) in [6, 6.07) is 2.50. The molecule has 0 radical (unpaired) electrons. The predicted octanol–water partition coefficient (Wildman–Crippen LogP) is 1.29. The third-order valence-electron chi connectivity index (χ3n) is 2.26. The molecule has 2 heterocycles. The third-order valence-corrected chi connectivity index (χ3v) is 2.26. The lowest BCUT2D eigenvalue weighted by molar-refractivity contribution is -0.389. The molecule has 2 aromatic heterocycles. The Morgan fingerprint density at radius 1 is 1.58 bits per heavy atom. The number of nitro groups is 1. The van der Waals surface area contributed by atoms with Crippen molar-refractivity contribution in [3.8, 4) is 0 Å². The number of nitrogens with one attached hydrogen (secondary N) is 1. The molecule has 0 atom stereocenters. The Morgan fingerprint density at radius 2 is 2.37 bits per heavy atom. The molecule has 98 valence electrons.